The van der Waals surface area contributed by atoms with Crippen LogP contribution >= 0.6 is 15.9 Å². The summed E-state index contributed by atoms with van der Waals surface area (Å²) < 4.78 is 57.0. The molecular formula is C13H14BrF4NO2. The molecule has 1 unspecified atom stereocenters. The van der Waals surface area contributed by atoms with Gasteiger partial charge < -0.3 is 10.1 Å². The molecule has 0 heterocycles. The normalized spacial score (nSPS) is 13.7. The van der Waals surface area contributed by atoms with E-state index >= 15 is 0 Å². The number of amides is 1. The lowest BCUT2D eigenvalue weighted by Gasteiger charge is -2.26. The fraction of sp³-hybridized carbons (Fsp3) is 0.462. The zero-order chi connectivity index (χ0) is 16.4. The number of alkyl carbamates (subject to hydrolysis) is 1. The Morgan fingerprint density at radius 3 is 2.29 bits per heavy atom. The number of alkyl halides is 3. The first-order valence-electron chi connectivity index (χ1n) is 5.91. The van der Waals surface area contributed by atoms with Crippen LogP contribution in [0.25, 0.3) is 0 Å². The van der Waals surface area contributed by atoms with Gasteiger partial charge in [0.25, 0.3) is 0 Å². The van der Waals surface area contributed by atoms with E-state index in [-0.39, 0.29) is 10.0 Å². The predicted molar refractivity (Wildman–Crippen MR) is 72.3 cm³/mol. The van der Waals surface area contributed by atoms with Gasteiger partial charge in [0.1, 0.15) is 11.4 Å². The highest BCUT2D eigenvalue weighted by Gasteiger charge is 2.43. The largest absolute Gasteiger partial charge is 0.444 e. The number of ether oxygens (including phenoxy) is 1. The van der Waals surface area contributed by atoms with Crippen molar-refractivity contribution < 1.29 is 27.1 Å². The Hall–Kier alpha value is -1.31. The lowest BCUT2D eigenvalue weighted by molar-refractivity contribution is -0.157. The van der Waals surface area contributed by atoms with Crippen LogP contribution in [0.3, 0.4) is 0 Å². The maximum absolute atomic E-state index is 13.1. The molecule has 3 nitrogen and oxygen atoms in total. The number of benzene rings is 1. The van der Waals surface area contributed by atoms with Crippen molar-refractivity contribution in [2.24, 2.45) is 0 Å². The molecule has 0 aliphatic rings. The summed E-state index contributed by atoms with van der Waals surface area (Å²) in [5.74, 6) is -0.691. The Balaban J connectivity index is 3.05. The summed E-state index contributed by atoms with van der Waals surface area (Å²) in [6, 6.07) is 0.428. The fourth-order valence-corrected chi connectivity index (χ4v) is 2.08. The maximum atomic E-state index is 13.1. The monoisotopic (exact) mass is 371 g/mol. The van der Waals surface area contributed by atoms with E-state index in [0.717, 1.165) is 18.2 Å². The predicted octanol–water partition coefficient (Wildman–Crippen LogP) is 4.72. The van der Waals surface area contributed by atoms with Crippen LogP contribution < -0.4 is 5.32 Å². The Morgan fingerprint density at radius 1 is 1.29 bits per heavy atom. The minimum atomic E-state index is -4.75. The molecule has 0 bridgehead atoms. The summed E-state index contributed by atoms with van der Waals surface area (Å²) in [7, 11) is 0. The molecule has 0 saturated carbocycles. The second-order valence-corrected chi connectivity index (χ2v) is 6.14. The van der Waals surface area contributed by atoms with Crippen molar-refractivity contribution in [3.8, 4) is 0 Å². The first-order chi connectivity index (χ1) is 9.40. The zero-order valence-electron chi connectivity index (χ0n) is 11.5. The van der Waals surface area contributed by atoms with Gasteiger partial charge in [0, 0.05) is 4.47 Å². The Morgan fingerprint density at radius 2 is 1.86 bits per heavy atom. The van der Waals surface area contributed by atoms with Crippen molar-refractivity contribution in [3.05, 3.63) is 34.1 Å². The molecule has 1 atom stereocenters. The Kier molecular flexibility index (Phi) is 5.25. The van der Waals surface area contributed by atoms with E-state index in [0.29, 0.717) is 0 Å². The van der Waals surface area contributed by atoms with Crippen LogP contribution in [0.4, 0.5) is 22.4 Å². The molecule has 0 aliphatic heterocycles. The van der Waals surface area contributed by atoms with Gasteiger partial charge in [-0.1, -0.05) is 22.0 Å². The molecule has 8 heteroatoms. The molecule has 0 spiro atoms. The lowest BCUT2D eigenvalue weighted by Crippen LogP contribution is -2.41. The summed E-state index contributed by atoms with van der Waals surface area (Å²) in [4.78, 5) is 11.5. The van der Waals surface area contributed by atoms with E-state index in [1.807, 2.05) is 0 Å². The van der Waals surface area contributed by atoms with Crippen LogP contribution in [0.1, 0.15) is 32.4 Å². The van der Waals surface area contributed by atoms with Gasteiger partial charge >= 0.3 is 12.3 Å². The molecule has 21 heavy (non-hydrogen) atoms. The topological polar surface area (TPSA) is 38.3 Å². The Labute approximate surface area is 127 Å². The molecule has 118 valence electrons. The molecule has 1 aromatic carbocycles. The molecular weight excluding hydrogens is 358 g/mol. The van der Waals surface area contributed by atoms with E-state index in [4.69, 9.17) is 4.74 Å². The van der Waals surface area contributed by atoms with Gasteiger partial charge in [0.15, 0.2) is 6.04 Å². The van der Waals surface area contributed by atoms with Gasteiger partial charge in [0.2, 0.25) is 0 Å². The summed E-state index contributed by atoms with van der Waals surface area (Å²) in [5, 5.41) is 1.75. The van der Waals surface area contributed by atoms with Gasteiger partial charge in [-0.05, 0) is 38.5 Å². The standard InChI is InChI=1S/C13H14BrF4NO2/c1-12(2,3)21-11(20)19-10(13(16,17)18)8-5-4-7(15)6-9(8)14/h4-6,10H,1-3H3,(H,19,20). The highest BCUT2D eigenvalue weighted by Crippen LogP contribution is 2.36. The summed E-state index contributed by atoms with van der Waals surface area (Å²) >= 11 is 2.86. The van der Waals surface area contributed by atoms with Gasteiger partial charge in [-0.2, -0.15) is 13.2 Å². The van der Waals surface area contributed by atoms with Crippen LogP contribution in [-0.4, -0.2) is 17.9 Å². The second kappa shape index (κ2) is 6.21. The van der Waals surface area contributed by atoms with E-state index < -0.39 is 29.7 Å². The number of hydrogen-bond donors (Lipinski definition) is 1. The SMILES string of the molecule is CC(C)(C)OC(=O)NC(c1ccc(F)cc1Br)C(F)(F)F. The van der Waals surface area contributed by atoms with E-state index in [9.17, 15) is 22.4 Å². The molecule has 1 aromatic rings. The van der Waals surface area contributed by atoms with Crippen LogP contribution in [0.2, 0.25) is 0 Å². The molecule has 1 amide bonds. The quantitative estimate of drug-likeness (QED) is 0.764. The average Bonchev–Trinajstić information content (AvgIpc) is 2.22. The number of carbonyl (C=O) groups excluding carboxylic acids is 1. The third-order valence-corrected chi connectivity index (χ3v) is 2.95. The van der Waals surface area contributed by atoms with Crippen molar-refractivity contribution in [3.63, 3.8) is 0 Å². The van der Waals surface area contributed by atoms with Crippen molar-refractivity contribution in [2.75, 3.05) is 0 Å². The highest BCUT2D eigenvalue weighted by molar-refractivity contribution is 9.10. The molecule has 0 aromatic heterocycles. The first-order valence-corrected chi connectivity index (χ1v) is 6.70. The number of rotatable bonds is 2. The smallest absolute Gasteiger partial charge is 0.413 e. The molecule has 1 N–H and O–H groups in total. The number of carbonyl (C=O) groups is 1. The zero-order valence-corrected chi connectivity index (χ0v) is 13.1. The molecule has 0 aliphatic carbocycles. The molecule has 0 fully saturated rings. The van der Waals surface area contributed by atoms with Crippen molar-refractivity contribution in [1.82, 2.24) is 5.32 Å². The van der Waals surface area contributed by atoms with Gasteiger partial charge in [-0.25, -0.2) is 9.18 Å². The molecule has 1 rings (SSSR count). The first kappa shape index (κ1) is 17.7. The van der Waals surface area contributed by atoms with E-state index in [2.05, 4.69) is 15.9 Å². The van der Waals surface area contributed by atoms with E-state index in [1.54, 1.807) is 5.32 Å². The van der Waals surface area contributed by atoms with Crippen LogP contribution in [-0.2, 0) is 4.74 Å². The van der Waals surface area contributed by atoms with Gasteiger partial charge in [0.05, 0.1) is 0 Å². The summed E-state index contributed by atoms with van der Waals surface area (Å²) in [5.41, 5.74) is -1.24. The van der Waals surface area contributed by atoms with Crippen molar-refractivity contribution in [2.45, 2.75) is 38.6 Å². The fourth-order valence-electron chi connectivity index (χ4n) is 1.50. The van der Waals surface area contributed by atoms with Crippen molar-refractivity contribution in [1.29, 1.82) is 0 Å². The summed E-state index contributed by atoms with van der Waals surface area (Å²) in [6.07, 6.45) is -5.96. The highest BCUT2D eigenvalue weighted by atomic mass is 79.9. The average molecular weight is 372 g/mol. The minimum absolute atomic E-state index is 0.0964. The third-order valence-electron chi connectivity index (χ3n) is 2.26. The van der Waals surface area contributed by atoms with Crippen LogP contribution in [0.5, 0.6) is 0 Å². The van der Waals surface area contributed by atoms with Crippen molar-refractivity contribution >= 4 is 22.0 Å². The number of halogens is 5. The van der Waals surface area contributed by atoms with E-state index in [1.165, 1.54) is 20.8 Å². The lowest BCUT2D eigenvalue weighted by atomic mass is 10.1. The Bertz CT molecular complexity index is 526. The van der Waals surface area contributed by atoms with Crippen LogP contribution in [0, 0.1) is 5.82 Å². The number of hydrogen-bond acceptors (Lipinski definition) is 2. The second-order valence-electron chi connectivity index (χ2n) is 5.29. The minimum Gasteiger partial charge on any atom is -0.444 e. The number of nitrogens with one attached hydrogen (secondary N) is 1. The third kappa shape index (κ3) is 5.53. The van der Waals surface area contributed by atoms with Gasteiger partial charge in [-0.3, -0.25) is 0 Å². The molecule has 0 radical (unpaired) electrons. The van der Waals surface area contributed by atoms with Crippen LogP contribution in [0.15, 0.2) is 22.7 Å². The molecule has 0 saturated heterocycles. The maximum Gasteiger partial charge on any atom is 0.413 e. The summed E-state index contributed by atoms with van der Waals surface area (Å²) in [6.45, 7) is 4.59. The van der Waals surface area contributed by atoms with Gasteiger partial charge in [-0.15, -0.1) is 0 Å².